The number of ether oxygens (including phenoxy) is 4. The minimum Gasteiger partial charge on any atom is -0.493 e. The molecule has 252 valence electrons. The first-order chi connectivity index (χ1) is 23.3. The number of fused-ring (bicyclic) bond motifs is 1. The van der Waals surface area contributed by atoms with E-state index in [1.54, 1.807) is 30.5 Å². The first kappa shape index (κ1) is 33.2. The number of anilines is 1. The largest absolute Gasteiger partial charge is 0.493 e. The molecule has 1 atom stereocenters. The van der Waals surface area contributed by atoms with Crippen molar-refractivity contribution < 1.29 is 41.7 Å². The number of carbonyl (C=O) groups excluding carboxylic acids is 2. The van der Waals surface area contributed by atoms with Crippen molar-refractivity contribution in [1.29, 1.82) is 0 Å². The van der Waals surface area contributed by atoms with Crippen LogP contribution in [0.1, 0.15) is 17.4 Å². The third-order valence-corrected chi connectivity index (χ3v) is 8.91. The van der Waals surface area contributed by atoms with Gasteiger partial charge in [0, 0.05) is 43.4 Å². The van der Waals surface area contributed by atoms with Crippen LogP contribution in [0.3, 0.4) is 0 Å². The number of hydrogen-bond acceptors (Lipinski definition) is 9. The van der Waals surface area contributed by atoms with Gasteiger partial charge in [-0.15, -0.1) is 11.8 Å². The molecule has 2 N–H and O–H groups in total. The summed E-state index contributed by atoms with van der Waals surface area (Å²) in [4.78, 5) is 31.9. The van der Waals surface area contributed by atoms with E-state index in [0.29, 0.717) is 46.4 Å². The average Bonchev–Trinajstić information content (AvgIpc) is 3.44. The Morgan fingerprint density at radius 2 is 1.83 bits per heavy atom. The maximum Gasteiger partial charge on any atom is 0.338 e. The van der Waals surface area contributed by atoms with Gasteiger partial charge in [0.15, 0.2) is 23.1 Å². The monoisotopic (exact) mass is 683 g/mol. The number of hydrazine groups is 1. The molecule has 2 saturated heterocycles. The molecule has 48 heavy (non-hydrogen) atoms. The number of nitrogens with one attached hydrogen (secondary N) is 2. The number of methoxy groups -OCH3 is 1. The van der Waals surface area contributed by atoms with Crippen LogP contribution in [0.25, 0.3) is 10.9 Å². The van der Waals surface area contributed by atoms with Crippen LogP contribution in [0.5, 0.6) is 23.0 Å². The lowest BCUT2D eigenvalue weighted by molar-refractivity contribution is -0.130. The van der Waals surface area contributed by atoms with Gasteiger partial charge < -0.3 is 24.3 Å². The Bertz CT molecular complexity index is 1810. The van der Waals surface area contributed by atoms with Crippen LogP contribution in [-0.4, -0.2) is 79.1 Å². The molecule has 6 rings (SSSR count). The first-order valence-electron chi connectivity index (χ1n) is 15.1. The fourth-order valence-corrected chi connectivity index (χ4v) is 6.40. The molecule has 15 heteroatoms. The Balaban J connectivity index is 1.13. The summed E-state index contributed by atoms with van der Waals surface area (Å²) in [6.07, 6.45) is 2.38. The normalized spacial score (nSPS) is 16.6. The minimum absolute atomic E-state index is 0.0140. The zero-order valence-corrected chi connectivity index (χ0v) is 26.7. The van der Waals surface area contributed by atoms with Crippen molar-refractivity contribution in [3.05, 3.63) is 83.8 Å². The average molecular weight is 684 g/mol. The van der Waals surface area contributed by atoms with Gasteiger partial charge in [-0.25, -0.2) is 28.4 Å². The summed E-state index contributed by atoms with van der Waals surface area (Å²) in [5, 5.41) is 3.07. The van der Waals surface area contributed by atoms with E-state index in [0.717, 1.165) is 56.4 Å². The summed E-state index contributed by atoms with van der Waals surface area (Å²) in [7, 11) is 1.53. The van der Waals surface area contributed by atoms with Crippen LogP contribution in [0, 0.1) is 17.5 Å². The van der Waals surface area contributed by atoms with Crippen molar-refractivity contribution in [2.75, 3.05) is 57.6 Å². The van der Waals surface area contributed by atoms with Gasteiger partial charge in [-0.3, -0.25) is 14.7 Å². The van der Waals surface area contributed by atoms with Crippen molar-refractivity contribution in [2.45, 2.75) is 11.8 Å². The fraction of sp³-hybridized carbons (Fsp3) is 0.303. The molecule has 0 spiro atoms. The van der Waals surface area contributed by atoms with E-state index >= 15 is 4.39 Å². The molecule has 2 aliphatic rings. The van der Waals surface area contributed by atoms with E-state index in [1.807, 2.05) is 0 Å². The molecule has 2 fully saturated rings. The second-order valence-electron chi connectivity index (χ2n) is 10.9. The Morgan fingerprint density at radius 3 is 2.60 bits per heavy atom. The summed E-state index contributed by atoms with van der Waals surface area (Å²) in [6, 6.07) is 11.0. The van der Waals surface area contributed by atoms with Crippen LogP contribution >= 0.6 is 11.8 Å². The second kappa shape index (κ2) is 15.0. The fourth-order valence-electron chi connectivity index (χ4n) is 5.30. The van der Waals surface area contributed by atoms with Crippen molar-refractivity contribution in [2.24, 2.45) is 0 Å². The lowest BCUT2D eigenvalue weighted by Gasteiger charge is -2.26. The summed E-state index contributed by atoms with van der Waals surface area (Å²) < 4.78 is 65.7. The number of benzene rings is 3. The predicted molar refractivity (Wildman–Crippen MR) is 173 cm³/mol. The molecular formula is C33H32F3N5O6S. The number of thioether (sulfide) groups is 1. The highest BCUT2D eigenvalue weighted by Gasteiger charge is 2.35. The van der Waals surface area contributed by atoms with E-state index in [4.69, 9.17) is 18.9 Å². The summed E-state index contributed by atoms with van der Waals surface area (Å²) >= 11 is 1.17. The summed E-state index contributed by atoms with van der Waals surface area (Å²) in [5.74, 6) is -1.66. The predicted octanol–water partition coefficient (Wildman–Crippen LogP) is 5.86. The lowest BCUT2D eigenvalue weighted by Crippen LogP contribution is -2.46. The number of halogens is 3. The second-order valence-corrected chi connectivity index (χ2v) is 12.0. The zero-order chi connectivity index (χ0) is 33.6. The number of nitrogens with zero attached hydrogens (tertiary/aromatic N) is 3. The SMILES string of the molecule is COc1cc2c(Oc3ccc(C4SCC(=O)N4NC(=O)Nc4ccc(F)cc4F)cc3F)ccnc2cc1OCCCN1CCOCC1. The zero-order valence-electron chi connectivity index (χ0n) is 25.8. The maximum absolute atomic E-state index is 15.5. The van der Waals surface area contributed by atoms with Crippen molar-refractivity contribution in [3.63, 3.8) is 0 Å². The number of hydrogen-bond donors (Lipinski definition) is 2. The van der Waals surface area contributed by atoms with Crippen LogP contribution < -0.4 is 25.0 Å². The Morgan fingerprint density at radius 1 is 1.00 bits per heavy atom. The van der Waals surface area contributed by atoms with E-state index < -0.39 is 34.8 Å². The molecule has 3 amide bonds. The minimum atomic E-state index is -0.981. The molecule has 3 aromatic carbocycles. The molecule has 4 aromatic rings. The highest BCUT2D eigenvalue weighted by atomic mass is 32.2. The number of morpholine rings is 1. The third kappa shape index (κ3) is 7.69. The molecule has 1 unspecified atom stereocenters. The molecule has 0 bridgehead atoms. The van der Waals surface area contributed by atoms with Gasteiger partial charge in [0.2, 0.25) is 0 Å². The standard InChI is InChI=1S/C33H32F3N5O6S/c1-44-29-17-22-26(18-30(29)46-12-2-9-40-10-13-45-14-11-40)37-8-7-27(22)47-28-6-3-20(15-24(28)36)32-41(31(42)19-48-32)39-33(43)38-25-5-4-21(34)16-23(25)35/h3-8,15-18,32H,2,9-14,19H2,1H3,(H2,38,39,43). The van der Waals surface area contributed by atoms with Crippen molar-refractivity contribution >= 4 is 40.3 Å². The van der Waals surface area contributed by atoms with Crippen LogP contribution in [0.4, 0.5) is 23.7 Å². The third-order valence-electron chi connectivity index (χ3n) is 7.70. The van der Waals surface area contributed by atoms with Gasteiger partial charge in [-0.05, 0) is 48.4 Å². The Kier molecular flexibility index (Phi) is 10.4. The molecule has 11 nitrogen and oxygen atoms in total. The van der Waals surface area contributed by atoms with Gasteiger partial charge >= 0.3 is 6.03 Å². The van der Waals surface area contributed by atoms with Crippen molar-refractivity contribution in [1.82, 2.24) is 20.3 Å². The topological polar surface area (TPSA) is 114 Å². The van der Waals surface area contributed by atoms with Crippen molar-refractivity contribution in [3.8, 4) is 23.0 Å². The molecule has 1 aromatic heterocycles. The van der Waals surface area contributed by atoms with Gasteiger partial charge in [-0.1, -0.05) is 6.07 Å². The Labute approximate surface area is 278 Å². The lowest BCUT2D eigenvalue weighted by atomic mass is 10.1. The first-order valence-corrected chi connectivity index (χ1v) is 16.2. The molecule has 3 heterocycles. The number of urea groups is 1. The summed E-state index contributed by atoms with van der Waals surface area (Å²) in [5.41, 5.74) is 3.04. The van der Waals surface area contributed by atoms with Gasteiger partial charge in [-0.2, -0.15) is 0 Å². The number of rotatable bonds is 11. The van der Waals surface area contributed by atoms with Crippen LogP contribution in [0.2, 0.25) is 0 Å². The van der Waals surface area contributed by atoms with E-state index in [9.17, 15) is 18.4 Å². The number of carbonyl (C=O) groups is 2. The Hall–Kier alpha value is -4.73. The molecule has 0 aliphatic carbocycles. The number of pyridine rings is 1. The number of aromatic nitrogens is 1. The molecule has 0 radical (unpaired) electrons. The number of amides is 3. The van der Waals surface area contributed by atoms with Gasteiger partial charge in [0.25, 0.3) is 5.91 Å². The van der Waals surface area contributed by atoms with Crippen LogP contribution in [0.15, 0.2) is 60.8 Å². The maximum atomic E-state index is 15.5. The van der Waals surface area contributed by atoms with E-state index in [-0.39, 0.29) is 17.2 Å². The van der Waals surface area contributed by atoms with Gasteiger partial charge in [0.1, 0.15) is 22.8 Å². The van der Waals surface area contributed by atoms with E-state index in [1.165, 1.54) is 31.0 Å². The van der Waals surface area contributed by atoms with Crippen LogP contribution in [-0.2, 0) is 9.53 Å². The molecule has 2 aliphatic heterocycles. The smallest absolute Gasteiger partial charge is 0.338 e. The molecular weight excluding hydrogens is 651 g/mol. The summed E-state index contributed by atoms with van der Waals surface area (Å²) in [6.45, 7) is 4.69. The highest BCUT2D eigenvalue weighted by molar-refractivity contribution is 8.00. The quantitative estimate of drug-likeness (QED) is 0.188. The van der Waals surface area contributed by atoms with E-state index in [2.05, 4.69) is 20.6 Å². The van der Waals surface area contributed by atoms with Gasteiger partial charge in [0.05, 0.1) is 43.9 Å². The highest BCUT2D eigenvalue weighted by Crippen LogP contribution is 2.41. The molecule has 0 saturated carbocycles.